The third-order valence-corrected chi connectivity index (χ3v) is 11.3. The van der Waals surface area contributed by atoms with Crippen LogP contribution < -0.4 is 4.90 Å². The molecule has 0 aliphatic heterocycles. The molecule has 54 heavy (non-hydrogen) atoms. The summed E-state index contributed by atoms with van der Waals surface area (Å²) in [5.74, 6) is 0. The Morgan fingerprint density at radius 2 is 0.944 bits per heavy atom. The van der Waals surface area contributed by atoms with Gasteiger partial charge in [-0.15, -0.1) is 0 Å². The van der Waals surface area contributed by atoms with Gasteiger partial charge in [0.15, 0.2) is 0 Å². The minimum absolute atomic E-state index is 0.0379. The molecule has 0 unspecified atom stereocenters. The van der Waals surface area contributed by atoms with Gasteiger partial charge in [-0.3, -0.25) is 0 Å². The smallest absolute Gasteiger partial charge is 0.0540 e. The van der Waals surface area contributed by atoms with Gasteiger partial charge in [0.25, 0.3) is 0 Å². The first kappa shape index (κ1) is 35.4. The van der Waals surface area contributed by atoms with Crippen LogP contribution >= 0.6 is 0 Å². The molecule has 0 atom stereocenters. The predicted molar refractivity (Wildman–Crippen MR) is 232 cm³/mol. The second kappa shape index (κ2) is 13.3. The number of para-hydroxylation sites is 2. The molecule has 0 heterocycles. The Kier molecular flexibility index (Phi) is 8.73. The van der Waals surface area contributed by atoms with Gasteiger partial charge in [0, 0.05) is 22.2 Å². The molecule has 268 valence electrons. The minimum atomic E-state index is -0.152. The van der Waals surface area contributed by atoms with Crippen LogP contribution in [0.15, 0.2) is 164 Å². The molecule has 0 fully saturated rings. The quantitative estimate of drug-likeness (QED) is 0.167. The van der Waals surface area contributed by atoms with Crippen molar-refractivity contribution in [3.8, 4) is 44.5 Å². The Morgan fingerprint density at radius 1 is 0.407 bits per heavy atom. The van der Waals surface area contributed by atoms with E-state index in [1.54, 1.807) is 0 Å². The molecule has 0 saturated carbocycles. The van der Waals surface area contributed by atoms with Crippen molar-refractivity contribution in [2.45, 2.75) is 71.6 Å². The van der Waals surface area contributed by atoms with Crippen LogP contribution in [0.5, 0.6) is 0 Å². The summed E-state index contributed by atoms with van der Waals surface area (Å²) in [6.45, 7) is 19.0. The van der Waals surface area contributed by atoms with Crippen molar-refractivity contribution < 1.29 is 0 Å². The van der Waals surface area contributed by atoms with Crippen LogP contribution in [0.4, 0.5) is 17.1 Å². The number of hydrogen-bond donors (Lipinski definition) is 0. The van der Waals surface area contributed by atoms with E-state index in [1.165, 1.54) is 66.8 Å². The summed E-state index contributed by atoms with van der Waals surface area (Å²) in [4.78, 5) is 2.48. The lowest BCUT2D eigenvalue weighted by atomic mass is 9.74. The van der Waals surface area contributed by atoms with Crippen LogP contribution in [0, 0.1) is 0 Å². The van der Waals surface area contributed by atoms with E-state index in [0.717, 1.165) is 17.1 Å². The van der Waals surface area contributed by atoms with Gasteiger partial charge in [0.2, 0.25) is 0 Å². The molecular formula is C53H51N. The molecule has 7 aromatic rings. The first-order valence-electron chi connectivity index (χ1n) is 19.4. The molecular weight excluding hydrogens is 651 g/mol. The van der Waals surface area contributed by atoms with Crippen molar-refractivity contribution in [1.82, 2.24) is 0 Å². The van der Waals surface area contributed by atoms with Crippen LogP contribution in [0.25, 0.3) is 44.5 Å². The van der Waals surface area contributed by atoms with E-state index >= 15 is 0 Å². The highest BCUT2D eigenvalue weighted by atomic mass is 15.1. The summed E-state index contributed by atoms with van der Waals surface area (Å²) in [5, 5.41) is 0. The first-order chi connectivity index (χ1) is 25.8. The average Bonchev–Trinajstić information content (AvgIpc) is 3.41. The van der Waals surface area contributed by atoms with Crippen LogP contribution in [0.1, 0.15) is 77.6 Å². The molecule has 0 spiro atoms. The maximum absolute atomic E-state index is 2.51. The van der Waals surface area contributed by atoms with Gasteiger partial charge in [0.1, 0.15) is 0 Å². The highest BCUT2D eigenvalue weighted by Crippen LogP contribution is 2.57. The van der Waals surface area contributed by atoms with Crippen molar-refractivity contribution in [3.63, 3.8) is 0 Å². The first-order valence-corrected chi connectivity index (χ1v) is 19.4. The lowest BCUT2D eigenvalue weighted by Gasteiger charge is -2.31. The fraction of sp³-hybridized carbons (Fsp3) is 0.208. The molecule has 0 N–H and O–H groups in total. The number of rotatable bonds is 6. The molecule has 0 aromatic heterocycles. The van der Waals surface area contributed by atoms with E-state index in [0.29, 0.717) is 0 Å². The predicted octanol–water partition coefficient (Wildman–Crippen LogP) is 15.1. The summed E-state index contributed by atoms with van der Waals surface area (Å²) in [6, 6.07) is 60.4. The standard InChI is InChI=1S/C53H51N/c1-51(2,3)39-34-45(52(4,5)6)50-46(35-39)53(7,8)44-30-20-29-43(49(44)50)42-28-16-18-32-48(42)54(40-26-19-25-38(33-40)36-21-11-9-12-22-36)47-31-17-15-27-41(47)37-23-13-10-14-24-37/h9-35H,1-8H3. The molecule has 0 radical (unpaired) electrons. The molecule has 0 amide bonds. The molecule has 7 aromatic carbocycles. The zero-order valence-electron chi connectivity index (χ0n) is 33.0. The van der Waals surface area contributed by atoms with Gasteiger partial charge in [-0.1, -0.05) is 195 Å². The number of benzene rings is 7. The number of anilines is 3. The largest absolute Gasteiger partial charge is 0.309 e. The van der Waals surface area contributed by atoms with Gasteiger partial charge >= 0.3 is 0 Å². The topological polar surface area (TPSA) is 3.24 Å². The van der Waals surface area contributed by atoms with Gasteiger partial charge in [-0.2, -0.15) is 0 Å². The van der Waals surface area contributed by atoms with Crippen molar-refractivity contribution in [2.75, 3.05) is 4.90 Å². The molecule has 1 aliphatic rings. The zero-order valence-corrected chi connectivity index (χ0v) is 33.0. The maximum Gasteiger partial charge on any atom is 0.0540 e. The Bertz CT molecular complexity index is 2470. The van der Waals surface area contributed by atoms with E-state index in [9.17, 15) is 0 Å². The lowest BCUT2D eigenvalue weighted by Crippen LogP contribution is -2.21. The molecule has 1 aliphatic carbocycles. The third kappa shape index (κ3) is 6.16. The maximum atomic E-state index is 2.51. The third-order valence-electron chi connectivity index (χ3n) is 11.3. The van der Waals surface area contributed by atoms with Crippen molar-refractivity contribution in [2.24, 2.45) is 0 Å². The van der Waals surface area contributed by atoms with E-state index in [2.05, 4.69) is 224 Å². The van der Waals surface area contributed by atoms with Gasteiger partial charge in [0.05, 0.1) is 11.4 Å². The summed E-state index contributed by atoms with van der Waals surface area (Å²) in [7, 11) is 0. The van der Waals surface area contributed by atoms with Gasteiger partial charge < -0.3 is 4.90 Å². The van der Waals surface area contributed by atoms with Crippen LogP contribution in [-0.4, -0.2) is 0 Å². The average molecular weight is 702 g/mol. The molecule has 0 bridgehead atoms. The van der Waals surface area contributed by atoms with Crippen LogP contribution in [0.2, 0.25) is 0 Å². The lowest BCUT2D eigenvalue weighted by molar-refractivity contribution is 0.564. The summed E-state index contributed by atoms with van der Waals surface area (Å²) in [6.07, 6.45) is 0. The molecule has 1 heteroatoms. The Balaban J connectivity index is 1.42. The molecule has 8 rings (SSSR count). The number of nitrogens with zero attached hydrogens (tertiary/aromatic N) is 1. The second-order valence-electron chi connectivity index (χ2n) is 17.5. The summed E-state index contributed by atoms with van der Waals surface area (Å²) >= 11 is 0. The van der Waals surface area contributed by atoms with Crippen molar-refractivity contribution in [1.29, 1.82) is 0 Å². The Hall–Kier alpha value is -5.66. The van der Waals surface area contributed by atoms with Crippen LogP contribution in [0.3, 0.4) is 0 Å². The minimum Gasteiger partial charge on any atom is -0.309 e. The summed E-state index contributed by atoms with van der Waals surface area (Å²) in [5.41, 5.74) is 18.9. The van der Waals surface area contributed by atoms with E-state index in [1.807, 2.05) is 0 Å². The zero-order chi connectivity index (χ0) is 37.8. The highest BCUT2D eigenvalue weighted by molar-refractivity contribution is 6.00. The summed E-state index contributed by atoms with van der Waals surface area (Å²) < 4.78 is 0. The molecule has 0 saturated heterocycles. The van der Waals surface area contributed by atoms with E-state index in [-0.39, 0.29) is 16.2 Å². The Labute approximate surface area is 323 Å². The van der Waals surface area contributed by atoms with Crippen LogP contribution in [-0.2, 0) is 16.2 Å². The molecule has 1 nitrogen and oxygen atoms in total. The fourth-order valence-electron chi connectivity index (χ4n) is 8.43. The van der Waals surface area contributed by atoms with E-state index < -0.39 is 0 Å². The van der Waals surface area contributed by atoms with Gasteiger partial charge in [-0.05, 0) is 90.7 Å². The van der Waals surface area contributed by atoms with Crippen molar-refractivity contribution in [3.05, 3.63) is 186 Å². The normalized spacial score (nSPS) is 13.3. The number of hydrogen-bond acceptors (Lipinski definition) is 1. The van der Waals surface area contributed by atoms with E-state index in [4.69, 9.17) is 0 Å². The SMILES string of the molecule is CC(C)(C)c1cc(C(C)(C)C)c2c(c1)C(C)(C)c1cccc(-c3ccccc3N(c3cccc(-c4ccccc4)c3)c3ccccc3-c3ccccc3)c1-2. The number of fused-ring (bicyclic) bond motifs is 3. The Morgan fingerprint density at radius 3 is 1.59 bits per heavy atom. The van der Waals surface area contributed by atoms with Gasteiger partial charge in [-0.25, -0.2) is 0 Å². The second-order valence-corrected chi connectivity index (χ2v) is 17.5. The highest BCUT2D eigenvalue weighted by Gasteiger charge is 2.41. The fourth-order valence-corrected chi connectivity index (χ4v) is 8.43. The monoisotopic (exact) mass is 701 g/mol. The van der Waals surface area contributed by atoms with Crippen molar-refractivity contribution >= 4 is 17.1 Å².